The van der Waals surface area contributed by atoms with Gasteiger partial charge in [-0.2, -0.15) is 0 Å². The summed E-state index contributed by atoms with van der Waals surface area (Å²) in [6.07, 6.45) is -2.09. The third-order valence-corrected chi connectivity index (χ3v) is 2.68. The van der Waals surface area contributed by atoms with Crippen LogP contribution in [0.3, 0.4) is 0 Å². The van der Waals surface area contributed by atoms with Gasteiger partial charge in [0.25, 0.3) is 0 Å². The Kier molecular flexibility index (Phi) is 4.15. The Morgan fingerprint density at radius 3 is 2.67 bits per heavy atom. The molecule has 0 spiro atoms. The van der Waals surface area contributed by atoms with Crippen LogP contribution >= 0.6 is 0 Å². The summed E-state index contributed by atoms with van der Waals surface area (Å²) in [5, 5.41) is 36.8. The molecular weight excluding hydrogens is 288 g/mol. The van der Waals surface area contributed by atoms with Gasteiger partial charge in [0.1, 0.15) is 24.7 Å². The van der Waals surface area contributed by atoms with Gasteiger partial charge in [0.05, 0.1) is 6.61 Å². The zero-order valence-electron chi connectivity index (χ0n) is 10.6. The molecule has 0 aromatic carbocycles. The van der Waals surface area contributed by atoms with Gasteiger partial charge in [0.15, 0.2) is 17.6 Å². The highest BCUT2D eigenvalue weighted by Gasteiger charge is 2.40. The van der Waals surface area contributed by atoms with Crippen LogP contribution in [0.25, 0.3) is 0 Å². The molecule has 2 atom stereocenters. The van der Waals surface area contributed by atoms with E-state index in [4.69, 9.17) is 19.4 Å². The Balaban J connectivity index is 2.11. The molecule has 0 saturated carbocycles. The smallest absolute Gasteiger partial charge is 0.378 e. The van der Waals surface area contributed by atoms with Crippen LogP contribution in [-0.2, 0) is 20.9 Å². The molecule has 1 aliphatic rings. The molecule has 0 amide bonds. The normalized spacial score (nSPS) is 19.5. The first kappa shape index (κ1) is 14.9. The van der Waals surface area contributed by atoms with Crippen molar-refractivity contribution in [2.75, 3.05) is 6.61 Å². The molecule has 4 N–H and O–H groups in total. The van der Waals surface area contributed by atoms with Gasteiger partial charge in [-0.05, 0) is 0 Å². The van der Waals surface area contributed by atoms with E-state index in [1.165, 1.54) is 0 Å². The molecule has 1 aromatic rings. The van der Waals surface area contributed by atoms with Crippen molar-refractivity contribution < 1.29 is 39.1 Å². The molecule has 9 nitrogen and oxygen atoms in total. The van der Waals surface area contributed by atoms with E-state index in [0.29, 0.717) is 0 Å². The summed E-state index contributed by atoms with van der Waals surface area (Å²) < 4.78 is 14.5. The maximum atomic E-state index is 11.5. The molecule has 21 heavy (non-hydrogen) atoms. The van der Waals surface area contributed by atoms with Gasteiger partial charge in [-0.1, -0.05) is 0 Å². The van der Waals surface area contributed by atoms with Crippen molar-refractivity contribution in [3.63, 3.8) is 0 Å². The number of carbonyl (C=O) groups excluding carboxylic acids is 1. The lowest BCUT2D eigenvalue weighted by atomic mass is 10.2. The monoisotopic (exact) mass is 300 g/mol. The molecule has 9 heteroatoms. The minimum absolute atomic E-state index is 0.00273. The largest absolute Gasteiger partial charge is 0.505 e. The minimum atomic E-state index is -1.48. The van der Waals surface area contributed by atoms with E-state index in [1.54, 1.807) is 0 Å². The number of aliphatic hydroxyl groups is 3. The number of aliphatic hydroxyl groups excluding tert-OH is 3. The van der Waals surface area contributed by atoms with Crippen LogP contribution in [0.5, 0.6) is 5.75 Å². The lowest BCUT2D eigenvalue weighted by molar-refractivity contribution is -0.148. The summed E-state index contributed by atoms with van der Waals surface area (Å²) in [6.45, 7) is -1.10. The molecule has 0 bridgehead atoms. The van der Waals surface area contributed by atoms with E-state index in [2.05, 4.69) is 4.74 Å². The second kappa shape index (κ2) is 5.85. The van der Waals surface area contributed by atoms with E-state index in [9.17, 15) is 19.8 Å². The first-order valence-electron chi connectivity index (χ1n) is 5.80. The number of carbonyl (C=O) groups is 1. The van der Waals surface area contributed by atoms with Gasteiger partial charge in [-0.15, -0.1) is 0 Å². The first-order valence-corrected chi connectivity index (χ1v) is 5.80. The Bertz CT molecular complexity index is 630. The zero-order chi connectivity index (χ0) is 15.6. The average molecular weight is 300 g/mol. The third kappa shape index (κ3) is 2.98. The van der Waals surface area contributed by atoms with Gasteiger partial charge in [0.2, 0.25) is 11.2 Å². The van der Waals surface area contributed by atoms with Gasteiger partial charge in [-0.3, -0.25) is 4.79 Å². The van der Waals surface area contributed by atoms with E-state index in [-0.39, 0.29) is 12.4 Å². The summed E-state index contributed by atoms with van der Waals surface area (Å²) in [6, 6.07) is 0.952. The van der Waals surface area contributed by atoms with Crippen molar-refractivity contribution in [1.29, 1.82) is 0 Å². The van der Waals surface area contributed by atoms with E-state index < -0.39 is 47.5 Å². The van der Waals surface area contributed by atoms with Crippen LogP contribution in [0.2, 0.25) is 0 Å². The fraction of sp³-hybridized carbons (Fsp3) is 0.333. The summed E-state index contributed by atoms with van der Waals surface area (Å²) in [7, 11) is 0. The topological polar surface area (TPSA) is 147 Å². The summed E-state index contributed by atoms with van der Waals surface area (Å²) >= 11 is 0. The molecule has 1 aromatic heterocycles. The number of hydrogen-bond donors (Lipinski definition) is 4. The lowest BCUT2D eigenvalue weighted by Gasteiger charge is -2.13. The number of esters is 1. The highest BCUT2D eigenvalue weighted by Crippen LogP contribution is 2.24. The van der Waals surface area contributed by atoms with Crippen molar-refractivity contribution in [2.24, 2.45) is 0 Å². The molecule has 1 aliphatic heterocycles. The van der Waals surface area contributed by atoms with Gasteiger partial charge in [0, 0.05) is 6.07 Å². The molecule has 2 rings (SSSR count). The van der Waals surface area contributed by atoms with Crippen molar-refractivity contribution in [3.8, 4) is 5.75 Å². The summed E-state index contributed by atoms with van der Waals surface area (Å²) in [5.74, 6) is -2.82. The average Bonchev–Trinajstić information content (AvgIpc) is 2.74. The molecule has 0 saturated heterocycles. The van der Waals surface area contributed by atoms with Crippen LogP contribution in [0.15, 0.2) is 33.1 Å². The van der Waals surface area contributed by atoms with E-state index in [1.807, 2.05) is 0 Å². The molecule has 114 valence electrons. The number of aromatic hydroxyl groups is 1. The SMILES string of the molecule is O=C1O[C@H]([C@@H](O)CO)C(O)=C1OCc1cc(=O)c(O)co1. The Labute approximate surface area is 117 Å². The molecule has 0 radical (unpaired) electrons. The third-order valence-electron chi connectivity index (χ3n) is 2.68. The lowest BCUT2D eigenvalue weighted by Crippen LogP contribution is -2.31. The zero-order valence-corrected chi connectivity index (χ0v) is 10.6. The fourth-order valence-corrected chi connectivity index (χ4v) is 1.61. The maximum Gasteiger partial charge on any atom is 0.378 e. The Morgan fingerprint density at radius 2 is 2.05 bits per heavy atom. The van der Waals surface area contributed by atoms with Crippen LogP contribution < -0.4 is 5.43 Å². The highest BCUT2D eigenvalue weighted by molar-refractivity contribution is 5.89. The number of ether oxygens (including phenoxy) is 2. The van der Waals surface area contributed by atoms with Gasteiger partial charge in [-0.25, -0.2) is 4.79 Å². The summed E-state index contributed by atoms with van der Waals surface area (Å²) in [5.41, 5.74) is -0.694. The van der Waals surface area contributed by atoms with Crippen molar-refractivity contribution in [2.45, 2.75) is 18.8 Å². The quantitative estimate of drug-likeness (QED) is 0.498. The molecular formula is C12H12O9. The summed E-state index contributed by atoms with van der Waals surface area (Å²) in [4.78, 5) is 22.6. The van der Waals surface area contributed by atoms with Crippen molar-refractivity contribution in [3.05, 3.63) is 39.8 Å². The van der Waals surface area contributed by atoms with Gasteiger partial charge >= 0.3 is 5.97 Å². The fourth-order valence-electron chi connectivity index (χ4n) is 1.61. The van der Waals surface area contributed by atoms with Gasteiger partial charge < -0.3 is 34.3 Å². The van der Waals surface area contributed by atoms with Crippen LogP contribution in [0.4, 0.5) is 0 Å². The number of cyclic esters (lactones) is 1. The predicted molar refractivity (Wildman–Crippen MR) is 64.1 cm³/mol. The van der Waals surface area contributed by atoms with E-state index >= 15 is 0 Å². The minimum Gasteiger partial charge on any atom is -0.505 e. The molecule has 2 heterocycles. The predicted octanol–water partition coefficient (Wildman–Crippen LogP) is -1.09. The van der Waals surface area contributed by atoms with Crippen LogP contribution in [-0.4, -0.2) is 45.2 Å². The molecule has 0 unspecified atom stereocenters. The molecule has 0 aliphatic carbocycles. The molecule has 0 fully saturated rings. The second-order valence-electron chi connectivity index (χ2n) is 4.17. The highest BCUT2D eigenvalue weighted by atomic mass is 16.6. The van der Waals surface area contributed by atoms with E-state index in [0.717, 1.165) is 12.3 Å². The van der Waals surface area contributed by atoms with Crippen molar-refractivity contribution in [1.82, 2.24) is 0 Å². The Morgan fingerprint density at radius 1 is 1.33 bits per heavy atom. The Hall–Kier alpha value is -2.52. The van der Waals surface area contributed by atoms with Crippen molar-refractivity contribution >= 4 is 5.97 Å². The number of hydrogen-bond acceptors (Lipinski definition) is 9. The first-order chi connectivity index (χ1) is 9.93. The van der Waals surface area contributed by atoms with Crippen LogP contribution in [0.1, 0.15) is 5.76 Å². The van der Waals surface area contributed by atoms with Crippen LogP contribution in [0, 0.1) is 0 Å². The standard InChI is InChI=1S/C12H12O9/c13-2-7(15)10-9(17)11(12(18)21-10)20-3-5-1-6(14)8(16)4-19-5/h1,4,7,10,13,15-17H,2-3H2/t7-,10+/m0/s1. The number of rotatable bonds is 5. The maximum absolute atomic E-state index is 11.5. The second-order valence-corrected chi connectivity index (χ2v) is 4.17.